The minimum absolute atomic E-state index is 0.0416. The third-order valence-electron chi connectivity index (χ3n) is 3.06. The van der Waals surface area contributed by atoms with Crippen molar-refractivity contribution in [2.24, 2.45) is 0 Å². The van der Waals surface area contributed by atoms with Crippen molar-refractivity contribution in [3.8, 4) is 0 Å². The van der Waals surface area contributed by atoms with Gasteiger partial charge in [0.05, 0.1) is 16.5 Å². The number of nitrogens with two attached hydrogens (primary N) is 1. The first-order valence-corrected chi connectivity index (χ1v) is 9.41. The molecule has 0 aromatic carbocycles. The Morgan fingerprint density at radius 3 is 2.70 bits per heavy atom. The average molecular weight is 340 g/mol. The van der Waals surface area contributed by atoms with Crippen LogP contribution in [0.1, 0.15) is 6.92 Å². The van der Waals surface area contributed by atoms with Gasteiger partial charge in [-0.2, -0.15) is 4.31 Å². The van der Waals surface area contributed by atoms with Crippen molar-refractivity contribution in [3.63, 3.8) is 0 Å². The third kappa shape index (κ3) is 2.90. The molecule has 20 heavy (non-hydrogen) atoms. The van der Waals surface area contributed by atoms with Gasteiger partial charge in [0.25, 0.3) is 0 Å². The van der Waals surface area contributed by atoms with Gasteiger partial charge in [-0.25, -0.2) is 21.8 Å². The van der Waals surface area contributed by atoms with E-state index in [1.807, 2.05) is 0 Å². The van der Waals surface area contributed by atoms with Gasteiger partial charge in [0, 0.05) is 18.8 Å². The van der Waals surface area contributed by atoms with Crippen LogP contribution in [-0.4, -0.2) is 50.2 Å². The summed E-state index contributed by atoms with van der Waals surface area (Å²) in [6.45, 7) is 1.48. The maximum atomic E-state index is 12.5. The molecule has 1 aromatic heterocycles. The molecule has 1 aromatic rings. The van der Waals surface area contributed by atoms with Gasteiger partial charge in [-0.05, 0) is 13.0 Å². The van der Waals surface area contributed by atoms with Crippen molar-refractivity contribution in [3.05, 3.63) is 17.3 Å². The van der Waals surface area contributed by atoms with Crippen LogP contribution < -0.4 is 5.73 Å². The highest BCUT2D eigenvalue weighted by atomic mass is 35.5. The van der Waals surface area contributed by atoms with E-state index in [0.717, 1.165) is 10.5 Å². The maximum absolute atomic E-state index is 12.5. The van der Waals surface area contributed by atoms with Crippen LogP contribution in [-0.2, 0) is 19.9 Å². The molecule has 10 heteroatoms. The zero-order valence-corrected chi connectivity index (χ0v) is 13.0. The molecule has 1 saturated heterocycles. The Bertz CT molecular complexity index is 733. The number of hydrogen-bond acceptors (Lipinski definition) is 6. The second-order valence-corrected chi connectivity index (χ2v) is 9.14. The molecule has 0 radical (unpaired) electrons. The number of pyridine rings is 1. The SMILES string of the molecule is CC1CS(=O)(=O)CCN1S(=O)(=O)c1cnc(N)c(Cl)c1. The maximum Gasteiger partial charge on any atom is 0.244 e. The van der Waals surface area contributed by atoms with E-state index in [4.69, 9.17) is 17.3 Å². The predicted octanol–water partition coefficient (Wildman–Crippen LogP) is 0.125. The minimum Gasteiger partial charge on any atom is -0.382 e. The van der Waals surface area contributed by atoms with Crippen LogP contribution in [0.2, 0.25) is 5.02 Å². The lowest BCUT2D eigenvalue weighted by Crippen LogP contribution is -2.49. The molecule has 1 aliphatic heterocycles. The number of sulfonamides is 1. The molecule has 7 nitrogen and oxygen atoms in total. The van der Waals surface area contributed by atoms with Crippen molar-refractivity contribution in [2.45, 2.75) is 17.9 Å². The summed E-state index contributed by atoms with van der Waals surface area (Å²) in [7, 11) is -7.02. The van der Waals surface area contributed by atoms with E-state index in [1.54, 1.807) is 6.92 Å². The third-order valence-corrected chi connectivity index (χ3v) is 7.14. The number of hydrogen-bond donors (Lipinski definition) is 1. The second kappa shape index (κ2) is 5.14. The van der Waals surface area contributed by atoms with Gasteiger partial charge < -0.3 is 5.73 Å². The molecule has 0 saturated carbocycles. The monoisotopic (exact) mass is 339 g/mol. The topological polar surface area (TPSA) is 110 Å². The molecule has 2 heterocycles. The molecule has 1 fully saturated rings. The number of nitrogen functional groups attached to an aromatic ring is 1. The van der Waals surface area contributed by atoms with Gasteiger partial charge in [-0.15, -0.1) is 0 Å². The summed E-state index contributed by atoms with van der Waals surface area (Å²) in [4.78, 5) is 3.62. The quantitative estimate of drug-likeness (QED) is 0.819. The Morgan fingerprint density at radius 1 is 1.50 bits per heavy atom. The molecule has 0 spiro atoms. The fraction of sp³-hybridized carbons (Fsp3) is 0.500. The summed E-state index contributed by atoms with van der Waals surface area (Å²) in [5, 5.41) is 0.0448. The number of aromatic nitrogens is 1. The van der Waals surface area contributed by atoms with E-state index >= 15 is 0 Å². The van der Waals surface area contributed by atoms with Crippen LogP contribution in [0.3, 0.4) is 0 Å². The Kier molecular flexibility index (Phi) is 3.98. The van der Waals surface area contributed by atoms with Crippen LogP contribution >= 0.6 is 11.6 Å². The Morgan fingerprint density at radius 2 is 2.15 bits per heavy atom. The van der Waals surface area contributed by atoms with Gasteiger partial charge in [0.2, 0.25) is 10.0 Å². The minimum atomic E-state index is -3.83. The average Bonchev–Trinajstić information content (AvgIpc) is 2.30. The van der Waals surface area contributed by atoms with Gasteiger partial charge in [-0.1, -0.05) is 11.6 Å². The normalized spacial score (nSPS) is 23.6. The lowest BCUT2D eigenvalue weighted by atomic mass is 10.4. The van der Waals surface area contributed by atoms with E-state index in [1.165, 1.54) is 6.07 Å². The van der Waals surface area contributed by atoms with E-state index in [9.17, 15) is 16.8 Å². The summed E-state index contributed by atoms with van der Waals surface area (Å²) in [5.74, 6) is -0.338. The smallest absolute Gasteiger partial charge is 0.244 e. The van der Waals surface area contributed by atoms with Crippen molar-refractivity contribution in [1.29, 1.82) is 0 Å². The van der Waals surface area contributed by atoms with Crippen molar-refractivity contribution >= 4 is 37.3 Å². The highest BCUT2D eigenvalue weighted by molar-refractivity contribution is 7.92. The van der Waals surface area contributed by atoms with Crippen molar-refractivity contribution in [2.75, 3.05) is 23.8 Å². The predicted molar refractivity (Wildman–Crippen MR) is 75.7 cm³/mol. The van der Waals surface area contributed by atoms with Crippen LogP contribution in [0.5, 0.6) is 0 Å². The van der Waals surface area contributed by atoms with E-state index < -0.39 is 25.9 Å². The van der Waals surface area contributed by atoms with E-state index in [2.05, 4.69) is 4.98 Å². The highest BCUT2D eigenvalue weighted by Gasteiger charge is 2.36. The number of halogens is 1. The molecule has 112 valence electrons. The zero-order chi connectivity index (χ0) is 15.1. The van der Waals surface area contributed by atoms with Gasteiger partial charge >= 0.3 is 0 Å². The van der Waals surface area contributed by atoms with Crippen molar-refractivity contribution in [1.82, 2.24) is 9.29 Å². The Balaban J connectivity index is 2.38. The summed E-state index contributed by atoms with van der Waals surface area (Å²) >= 11 is 5.77. The van der Waals surface area contributed by atoms with Crippen molar-refractivity contribution < 1.29 is 16.8 Å². The molecular formula is C10H14ClN3O4S2. The van der Waals surface area contributed by atoms with Crippen LogP contribution in [0.25, 0.3) is 0 Å². The van der Waals surface area contributed by atoms with Crippen LogP contribution in [0.15, 0.2) is 17.2 Å². The fourth-order valence-electron chi connectivity index (χ4n) is 2.05. The van der Waals surface area contributed by atoms with E-state index in [-0.39, 0.29) is 33.8 Å². The first-order chi connectivity index (χ1) is 9.13. The number of nitrogens with zero attached hydrogens (tertiary/aromatic N) is 2. The molecule has 0 bridgehead atoms. The summed E-state index contributed by atoms with van der Waals surface area (Å²) < 4.78 is 49.1. The molecular weight excluding hydrogens is 326 g/mol. The van der Waals surface area contributed by atoms with Gasteiger partial charge in [-0.3, -0.25) is 0 Å². The number of rotatable bonds is 2. The molecule has 0 aliphatic carbocycles. The van der Waals surface area contributed by atoms with E-state index in [0.29, 0.717) is 0 Å². The molecule has 1 aliphatic rings. The molecule has 0 amide bonds. The molecule has 1 unspecified atom stereocenters. The molecule has 2 rings (SSSR count). The Hall–Kier alpha value is -0.900. The first kappa shape index (κ1) is 15.5. The second-order valence-electron chi connectivity index (χ2n) is 4.62. The van der Waals surface area contributed by atoms with Gasteiger partial charge in [0.1, 0.15) is 10.7 Å². The highest BCUT2D eigenvalue weighted by Crippen LogP contribution is 2.25. The van der Waals surface area contributed by atoms with Gasteiger partial charge in [0.15, 0.2) is 9.84 Å². The van der Waals surface area contributed by atoms with Crippen LogP contribution in [0, 0.1) is 0 Å². The summed E-state index contributed by atoms with van der Waals surface area (Å²) in [6.07, 6.45) is 1.12. The fourth-order valence-corrected chi connectivity index (χ4v) is 5.65. The summed E-state index contributed by atoms with van der Waals surface area (Å²) in [6, 6.07) is 0.588. The van der Waals surface area contributed by atoms with Crippen LogP contribution in [0.4, 0.5) is 5.82 Å². The summed E-state index contributed by atoms with van der Waals surface area (Å²) in [5.41, 5.74) is 5.44. The first-order valence-electron chi connectivity index (χ1n) is 5.77. The standard InChI is InChI=1S/C10H14ClN3O4S2/c1-7-6-19(15,16)3-2-14(7)20(17,18)8-4-9(11)10(12)13-5-8/h4-5,7H,2-3,6H2,1H3,(H2,12,13). The lowest BCUT2D eigenvalue weighted by molar-refractivity contribution is 0.356. The number of anilines is 1. The largest absolute Gasteiger partial charge is 0.382 e. The Labute approximate surface area is 122 Å². The molecule has 2 N–H and O–H groups in total. The molecule has 1 atom stereocenters. The lowest BCUT2D eigenvalue weighted by Gasteiger charge is -2.31. The zero-order valence-electron chi connectivity index (χ0n) is 10.7. The number of sulfone groups is 1.